The summed E-state index contributed by atoms with van der Waals surface area (Å²) in [6.07, 6.45) is 12.7. The Morgan fingerprint density at radius 3 is 2.65 bits per heavy atom. The van der Waals surface area contributed by atoms with Crippen molar-refractivity contribution in [1.29, 1.82) is 0 Å². The third-order valence-corrected chi connectivity index (χ3v) is 7.67. The minimum atomic E-state index is -0.324. The van der Waals surface area contributed by atoms with Crippen molar-refractivity contribution >= 4 is 5.97 Å². The highest BCUT2D eigenvalue weighted by molar-refractivity contribution is 5.77. The van der Waals surface area contributed by atoms with Crippen LogP contribution in [0, 0.1) is 28.1 Å². The summed E-state index contributed by atoms with van der Waals surface area (Å²) in [5.41, 5.74) is 1.67. The molecule has 23 heavy (non-hydrogen) atoms. The Labute approximate surface area is 141 Å². The summed E-state index contributed by atoms with van der Waals surface area (Å²) >= 11 is 0. The van der Waals surface area contributed by atoms with E-state index in [-0.39, 0.29) is 22.2 Å². The Kier molecular flexibility index (Phi) is 4.01. The van der Waals surface area contributed by atoms with E-state index in [4.69, 9.17) is 4.74 Å². The first-order valence-electron chi connectivity index (χ1n) is 9.24. The van der Waals surface area contributed by atoms with Crippen molar-refractivity contribution in [3.05, 3.63) is 24.3 Å². The fourth-order valence-corrected chi connectivity index (χ4v) is 6.24. The van der Waals surface area contributed by atoms with Gasteiger partial charge in [0.1, 0.15) is 0 Å². The number of hydrogen-bond donors (Lipinski definition) is 0. The first-order valence-corrected chi connectivity index (χ1v) is 9.24. The molecule has 3 aliphatic rings. The lowest BCUT2D eigenvalue weighted by atomic mass is 9.44. The molecule has 0 N–H and O–H groups in total. The summed E-state index contributed by atoms with van der Waals surface area (Å²) in [6.45, 7) is 11.1. The highest BCUT2D eigenvalue weighted by atomic mass is 16.5. The van der Waals surface area contributed by atoms with Gasteiger partial charge in [-0.1, -0.05) is 38.0 Å². The van der Waals surface area contributed by atoms with Crippen molar-refractivity contribution in [2.24, 2.45) is 28.1 Å². The molecule has 0 aromatic heterocycles. The topological polar surface area (TPSA) is 26.3 Å². The fourth-order valence-electron chi connectivity index (χ4n) is 6.24. The van der Waals surface area contributed by atoms with Gasteiger partial charge in [0.2, 0.25) is 0 Å². The Hall–Kier alpha value is -1.05. The minimum Gasteiger partial charge on any atom is -0.469 e. The molecule has 0 saturated heterocycles. The molecular weight excluding hydrogens is 284 g/mol. The molecule has 0 spiro atoms. The third-order valence-electron chi connectivity index (χ3n) is 7.67. The molecule has 3 rings (SSSR count). The Bertz CT molecular complexity index is 548. The highest BCUT2D eigenvalue weighted by Crippen LogP contribution is 2.65. The Balaban J connectivity index is 2.03. The van der Waals surface area contributed by atoms with Gasteiger partial charge in [0.25, 0.3) is 0 Å². The molecule has 0 heterocycles. The maximum atomic E-state index is 12.6. The van der Waals surface area contributed by atoms with E-state index in [9.17, 15) is 4.79 Å². The van der Waals surface area contributed by atoms with Gasteiger partial charge in [0.15, 0.2) is 0 Å². The number of esters is 1. The van der Waals surface area contributed by atoms with E-state index in [2.05, 4.69) is 39.5 Å². The average molecular weight is 316 g/mol. The molecular formula is C21H32O2. The van der Waals surface area contributed by atoms with Crippen molar-refractivity contribution in [1.82, 2.24) is 0 Å². The molecule has 0 aromatic rings. The van der Waals surface area contributed by atoms with Gasteiger partial charge >= 0.3 is 5.97 Å². The van der Waals surface area contributed by atoms with Gasteiger partial charge in [-0.2, -0.15) is 0 Å². The zero-order valence-electron chi connectivity index (χ0n) is 15.3. The van der Waals surface area contributed by atoms with Crippen LogP contribution in [0.15, 0.2) is 24.3 Å². The lowest BCUT2D eigenvalue weighted by Crippen LogP contribution is -2.54. The predicted octanol–water partition coefficient (Wildman–Crippen LogP) is 5.29. The summed E-state index contributed by atoms with van der Waals surface area (Å²) in [7, 11) is 1.54. The number of carbonyl (C=O) groups is 1. The summed E-state index contributed by atoms with van der Waals surface area (Å²) in [5, 5.41) is 0. The second-order valence-corrected chi connectivity index (χ2v) is 8.77. The zero-order valence-corrected chi connectivity index (χ0v) is 15.3. The van der Waals surface area contributed by atoms with Crippen LogP contribution in [0.25, 0.3) is 0 Å². The molecule has 5 atom stereocenters. The van der Waals surface area contributed by atoms with Gasteiger partial charge < -0.3 is 4.74 Å². The summed E-state index contributed by atoms with van der Waals surface area (Å²) in [5.74, 6) is 1.01. The van der Waals surface area contributed by atoms with Crippen LogP contribution in [0.4, 0.5) is 0 Å². The van der Waals surface area contributed by atoms with E-state index in [0.29, 0.717) is 11.8 Å². The van der Waals surface area contributed by atoms with Crippen LogP contribution in [-0.4, -0.2) is 13.1 Å². The molecule has 2 unspecified atom stereocenters. The number of carbonyl (C=O) groups excluding carboxylic acids is 1. The second-order valence-electron chi connectivity index (χ2n) is 8.77. The number of methoxy groups -OCH3 is 1. The van der Waals surface area contributed by atoms with E-state index in [0.717, 1.165) is 25.7 Å². The summed E-state index contributed by atoms with van der Waals surface area (Å²) < 4.78 is 5.21. The molecule has 2 fully saturated rings. The number of fused-ring (bicyclic) bond motifs is 3. The van der Waals surface area contributed by atoms with Crippen molar-refractivity contribution in [2.75, 3.05) is 7.11 Å². The molecule has 0 amide bonds. The van der Waals surface area contributed by atoms with Gasteiger partial charge in [-0.3, -0.25) is 4.79 Å². The maximum absolute atomic E-state index is 12.6. The maximum Gasteiger partial charge on any atom is 0.311 e. The van der Waals surface area contributed by atoms with Crippen molar-refractivity contribution in [3.8, 4) is 0 Å². The minimum absolute atomic E-state index is 0.00485. The van der Waals surface area contributed by atoms with E-state index in [1.54, 1.807) is 12.7 Å². The molecule has 2 saturated carbocycles. The second kappa shape index (κ2) is 5.50. The number of rotatable bonds is 2. The number of allylic oxidation sites excluding steroid dienone is 3. The van der Waals surface area contributed by atoms with Gasteiger partial charge in [0, 0.05) is 0 Å². The average Bonchev–Trinajstić information content (AvgIpc) is 2.54. The van der Waals surface area contributed by atoms with Crippen LogP contribution in [0.5, 0.6) is 0 Å². The number of ether oxygens (including phenoxy) is 1. The third kappa shape index (κ3) is 2.24. The summed E-state index contributed by atoms with van der Waals surface area (Å²) in [6, 6.07) is 0. The number of hydrogen-bond acceptors (Lipinski definition) is 2. The Morgan fingerprint density at radius 2 is 2.00 bits per heavy atom. The largest absolute Gasteiger partial charge is 0.469 e. The molecule has 0 aromatic carbocycles. The van der Waals surface area contributed by atoms with E-state index in [1.807, 2.05) is 0 Å². The smallest absolute Gasteiger partial charge is 0.311 e. The highest BCUT2D eigenvalue weighted by Gasteiger charge is 2.59. The molecule has 128 valence electrons. The predicted molar refractivity (Wildman–Crippen MR) is 93.9 cm³/mol. The quantitative estimate of drug-likeness (QED) is 0.511. The lowest BCUT2D eigenvalue weighted by Gasteiger charge is -2.59. The van der Waals surface area contributed by atoms with Gasteiger partial charge in [-0.05, 0) is 68.1 Å². The van der Waals surface area contributed by atoms with E-state index < -0.39 is 0 Å². The monoisotopic (exact) mass is 316 g/mol. The van der Waals surface area contributed by atoms with Gasteiger partial charge in [-0.25, -0.2) is 0 Å². The van der Waals surface area contributed by atoms with Crippen molar-refractivity contribution in [2.45, 2.75) is 65.7 Å². The zero-order chi connectivity index (χ0) is 16.9. The first-order chi connectivity index (χ1) is 10.8. The molecule has 0 radical (unpaired) electrons. The molecule has 3 aliphatic carbocycles. The van der Waals surface area contributed by atoms with E-state index in [1.165, 1.54) is 19.3 Å². The Morgan fingerprint density at radius 1 is 1.26 bits per heavy atom. The van der Waals surface area contributed by atoms with E-state index >= 15 is 0 Å². The lowest BCUT2D eigenvalue weighted by molar-refractivity contribution is -0.164. The molecule has 2 nitrogen and oxygen atoms in total. The van der Waals surface area contributed by atoms with Crippen LogP contribution in [0.2, 0.25) is 0 Å². The van der Waals surface area contributed by atoms with Crippen LogP contribution >= 0.6 is 0 Å². The van der Waals surface area contributed by atoms with Crippen molar-refractivity contribution < 1.29 is 9.53 Å². The fraction of sp³-hybridized carbons (Fsp3) is 0.762. The molecule has 2 heteroatoms. The van der Waals surface area contributed by atoms with Crippen LogP contribution in [0.1, 0.15) is 65.7 Å². The normalized spacial score (nSPS) is 46.2. The summed E-state index contributed by atoms with van der Waals surface area (Å²) in [4.78, 5) is 12.6. The van der Waals surface area contributed by atoms with Crippen LogP contribution in [0.3, 0.4) is 0 Å². The first kappa shape index (κ1) is 16.8. The SMILES string of the molecule is C=C[C@]1(C)CCC=C2C1CCC1[C@](C)(C(=O)OC)CCC[C@@]21C. The van der Waals surface area contributed by atoms with Gasteiger partial charge in [0.05, 0.1) is 12.5 Å². The van der Waals surface area contributed by atoms with Crippen LogP contribution in [-0.2, 0) is 9.53 Å². The van der Waals surface area contributed by atoms with Gasteiger partial charge in [-0.15, -0.1) is 6.58 Å². The standard InChI is InChI=1S/C21H32O2/c1-6-19(2)12-7-9-16-15(19)10-11-17-20(16,3)13-8-14-21(17,4)18(22)23-5/h6,9,15,17H,1,7-8,10-14H2,2-5H3/t15?,17?,19-,20+,21-/m1/s1. The molecule has 0 aliphatic heterocycles. The van der Waals surface area contributed by atoms with Crippen LogP contribution < -0.4 is 0 Å². The molecule has 0 bridgehead atoms. The van der Waals surface area contributed by atoms with Crippen molar-refractivity contribution in [3.63, 3.8) is 0 Å².